The van der Waals surface area contributed by atoms with Crippen LogP contribution in [0.15, 0.2) is 103 Å². The molecule has 2 aliphatic rings. The SMILES string of the molecule is CCCCCN1CC(=O)N2[C@@H](Cc3ccc(O)cc3)C(=O)N(Cc3cccc4cnn(Cc5cccc([N+](=O)[O-])c5)c34)C[C@@H]2N1C(=O)NCc1ccccc1. The van der Waals surface area contributed by atoms with Gasteiger partial charge in [-0.2, -0.15) is 5.10 Å². The quantitative estimate of drug-likeness (QED) is 0.0917. The van der Waals surface area contributed by atoms with Gasteiger partial charge >= 0.3 is 6.03 Å². The van der Waals surface area contributed by atoms with Crippen molar-refractivity contribution in [3.63, 3.8) is 0 Å². The Morgan fingerprint density at radius 1 is 0.927 bits per heavy atom. The fraction of sp³-hybridized carbons (Fsp3) is 0.317. The second-order valence-corrected chi connectivity index (χ2v) is 14.1. The number of nitro groups is 1. The van der Waals surface area contributed by atoms with Crippen molar-refractivity contribution < 1.29 is 24.4 Å². The van der Waals surface area contributed by atoms with Gasteiger partial charge in [-0.1, -0.05) is 92.6 Å². The lowest BCUT2D eigenvalue weighted by Crippen LogP contribution is -2.76. The third-order valence-electron chi connectivity index (χ3n) is 10.3. The number of aromatic hydroxyl groups is 1. The Morgan fingerprint density at radius 3 is 2.45 bits per heavy atom. The molecule has 0 bridgehead atoms. The minimum atomic E-state index is -0.924. The topological polar surface area (TPSA) is 157 Å². The molecule has 4 aromatic carbocycles. The molecule has 2 atom stereocenters. The number of amides is 4. The molecule has 5 aromatic rings. The number of piperazine rings is 1. The minimum absolute atomic E-state index is 0.0135. The summed E-state index contributed by atoms with van der Waals surface area (Å²) in [6, 6.07) is 27.1. The summed E-state index contributed by atoms with van der Waals surface area (Å²) in [6.07, 6.45) is 3.80. The number of phenolic OH excluding ortho intramolecular Hbond substituents is 1. The Balaban J connectivity index is 1.25. The molecule has 0 aliphatic carbocycles. The highest BCUT2D eigenvalue weighted by molar-refractivity contribution is 5.92. The number of hydrogen-bond donors (Lipinski definition) is 2. The van der Waals surface area contributed by atoms with Crippen LogP contribution in [0.25, 0.3) is 10.9 Å². The summed E-state index contributed by atoms with van der Waals surface area (Å²) in [6.45, 7) is 3.33. The monoisotopic (exact) mass is 744 g/mol. The van der Waals surface area contributed by atoms with Gasteiger partial charge in [0.05, 0.1) is 36.3 Å². The number of hydrazine groups is 1. The molecule has 55 heavy (non-hydrogen) atoms. The maximum Gasteiger partial charge on any atom is 0.334 e. The predicted molar refractivity (Wildman–Crippen MR) is 205 cm³/mol. The summed E-state index contributed by atoms with van der Waals surface area (Å²) in [4.78, 5) is 57.5. The average Bonchev–Trinajstić information content (AvgIpc) is 3.60. The summed E-state index contributed by atoms with van der Waals surface area (Å²) in [5.41, 5.74) is 3.95. The van der Waals surface area contributed by atoms with Gasteiger partial charge < -0.3 is 20.2 Å². The zero-order valence-electron chi connectivity index (χ0n) is 30.7. The maximum atomic E-state index is 14.7. The number of nitrogens with zero attached hydrogens (tertiary/aromatic N) is 7. The molecule has 3 heterocycles. The lowest BCUT2D eigenvalue weighted by Gasteiger charge is -2.55. The van der Waals surface area contributed by atoms with E-state index in [0.29, 0.717) is 12.1 Å². The number of unbranched alkanes of at least 4 members (excludes halogenated alkanes) is 2. The number of carbonyl (C=O) groups is 3. The zero-order chi connectivity index (χ0) is 38.5. The molecule has 0 radical (unpaired) electrons. The van der Waals surface area contributed by atoms with E-state index in [2.05, 4.69) is 17.3 Å². The molecule has 7 rings (SSSR count). The van der Waals surface area contributed by atoms with E-state index < -0.39 is 17.1 Å². The first kappa shape index (κ1) is 37.1. The van der Waals surface area contributed by atoms with Crippen LogP contribution in [0.2, 0.25) is 0 Å². The highest BCUT2D eigenvalue weighted by atomic mass is 16.6. The number of benzene rings is 4. The van der Waals surface area contributed by atoms with Crippen molar-refractivity contribution >= 4 is 34.4 Å². The Kier molecular flexibility index (Phi) is 11.0. The average molecular weight is 745 g/mol. The van der Waals surface area contributed by atoms with E-state index in [1.165, 1.54) is 12.1 Å². The van der Waals surface area contributed by atoms with Crippen molar-refractivity contribution in [2.75, 3.05) is 19.6 Å². The van der Waals surface area contributed by atoms with E-state index in [0.717, 1.165) is 46.9 Å². The minimum Gasteiger partial charge on any atom is -0.508 e. The number of urea groups is 1. The number of nitrogens with one attached hydrogen (secondary N) is 1. The molecular weight excluding hydrogens is 701 g/mol. The first-order valence-electron chi connectivity index (χ1n) is 18.6. The largest absolute Gasteiger partial charge is 0.508 e. The standard InChI is InChI=1S/C41H44N8O6/c1-2-3-7-20-45-28-38(51)47-36(22-29-16-18-35(50)19-17-29)40(52)44(27-37(47)48(45)41(53)42-23-30-10-5-4-6-11-30)26-33-14-9-13-32-24-43-46(39(32)33)25-31-12-8-15-34(21-31)49(54)55/h4-6,8-19,21,24,36-37,50H,2-3,7,20,22-23,25-28H2,1H3,(H,42,53)/t36-,37-/m0/s1. The van der Waals surface area contributed by atoms with Gasteiger partial charge in [0.2, 0.25) is 11.8 Å². The Bertz CT molecular complexity index is 2170. The van der Waals surface area contributed by atoms with E-state index in [9.17, 15) is 29.6 Å². The number of rotatable bonds is 13. The number of para-hydroxylation sites is 1. The molecule has 284 valence electrons. The zero-order valence-corrected chi connectivity index (χ0v) is 30.7. The predicted octanol–water partition coefficient (Wildman–Crippen LogP) is 5.44. The summed E-state index contributed by atoms with van der Waals surface area (Å²) in [7, 11) is 0. The molecule has 0 unspecified atom stereocenters. The van der Waals surface area contributed by atoms with Gasteiger partial charge in [0.25, 0.3) is 5.69 Å². The second kappa shape index (κ2) is 16.4. The first-order chi connectivity index (χ1) is 26.7. The number of carbonyl (C=O) groups excluding carboxylic acids is 3. The molecule has 4 amide bonds. The van der Waals surface area contributed by atoms with Gasteiger partial charge in [-0.3, -0.25) is 24.4 Å². The molecule has 14 nitrogen and oxygen atoms in total. The highest BCUT2D eigenvalue weighted by Crippen LogP contribution is 2.31. The van der Waals surface area contributed by atoms with Gasteiger partial charge in [-0.25, -0.2) is 14.8 Å². The normalized spacial score (nSPS) is 17.4. The number of phenols is 1. The van der Waals surface area contributed by atoms with E-state index in [1.54, 1.807) is 56.0 Å². The molecule has 2 fully saturated rings. The van der Waals surface area contributed by atoms with Gasteiger partial charge in [0.1, 0.15) is 18.0 Å². The highest BCUT2D eigenvalue weighted by Gasteiger charge is 2.51. The molecular formula is C41H44N8O6. The maximum absolute atomic E-state index is 14.7. The summed E-state index contributed by atoms with van der Waals surface area (Å²) in [5.74, 6) is -0.405. The van der Waals surface area contributed by atoms with Crippen molar-refractivity contribution in [3.05, 3.63) is 136 Å². The van der Waals surface area contributed by atoms with Crippen LogP contribution in [-0.4, -0.2) is 89.3 Å². The molecule has 2 aliphatic heterocycles. The van der Waals surface area contributed by atoms with Gasteiger partial charge in [-0.05, 0) is 40.8 Å². The van der Waals surface area contributed by atoms with Gasteiger partial charge in [0, 0.05) is 43.6 Å². The number of nitro benzene ring substituents is 1. The van der Waals surface area contributed by atoms with Crippen LogP contribution in [0.3, 0.4) is 0 Å². The van der Waals surface area contributed by atoms with Crippen LogP contribution in [0.5, 0.6) is 5.75 Å². The van der Waals surface area contributed by atoms with Gasteiger partial charge in [0.15, 0.2) is 0 Å². The Labute approximate surface area is 318 Å². The van der Waals surface area contributed by atoms with E-state index in [-0.39, 0.29) is 68.4 Å². The van der Waals surface area contributed by atoms with Crippen LogP contribution in [-0.2, 0) is 35.6 Å². The Hall–Kier alpha value is -6.28. The molecule has 0 spiro atoms. The molecule has 14 heteroatoms. The van der Waals surface area contributed by atoms with Crippen molar-refractivity contribution in [3.8, 4) is 5.75 Å². The fourth-order valence-corrected chi connectivity index (χ4v) is 7.60. The third kappa shape index (κ3) is 8.14. The van der Waals surface area contributed by atoms with Crippen molar-refractivity contribution in [2.45, 2.75) is 64.4 Å². The van der Waals surface area contributed by atoms with Crippen molar-refractivity contribution in [1.82, 2.24) is 34.9 Å². The number of aromatic nitrogens is 2. The first-order valence-corrected chi connectivity index (χ1v) is 18.6. The van der Waals surface area contributed by atoms with Crippen molar-refractivity contribution in [2.24, 2.45) is 0 Å². The summed E-state index contributed by atoms with van der Waals surface area (Å²) in [5, 5.41) is 33.5. The van der Waals surface area contributed by atoms with Crippen LogP contribution in [0, 0.1) is 10.1 Å². The van der Waals surface area contributed by atoms with Crippen LogP contribution in [0.1, 0.15) is 48.4 Å². The lowest BCUT2D eigenvalue weighted by atomic mass is 9.98. The molecule has 2 saturated heterocycles. The van der Waals surface area contributed by atoms with E-state index in [4.69, 9.17) is 0 Å². The fourth-order valence-electron chi connectivity index (χ4n) is 7.60. The van der Waals surface area contributed by atoms with Crippen LogP contribution in [0.4, 0.5) is 10.5 Å². The van der Waals surface area contributed by atoms with Crippen LogP contribution < -0.4 is 5.32 Å². The number of fused-ring (bicyclic) bond motifs is 2. The smallest absolute Gasteiger partial charge is 0.334 e. The number of hydrogen-bond acceptors (Lipinski definition) is 8. The second-order valence-electron chi connectivity index (χ2n) is 14.1. The van der Waals surface area contributed by atoms with Crippen LogP contribution >= 0.6 is 0 Å². The van der Waals surface area contributed by atoms with E-state index >= 15 is 0 Å². The van der Waals surface area contributed by atoms with E-state index in [1.807, 2.05) is 59.6 Å². The molecule has 2 N–H and O–H groups in total. The third-order valence-corrected chi connectivity index (χ3v) is 10.3. The van der Waals surface area contributed by atoms with Crippen molar-refractivity contribution in [1.29, 1.82) is 0 Å². The molecule has 1 aromatic heterocycles. The molecule has 0 saturated carbocycles. The summed E-state index contributed by atoms with van der Waals surface area (Å²) >= 11 is 0. The lowest BCUT2D eigenvalue weighted by molar-refractivity contribution is -0.384. The van der Waals surface area contributed by atoms with Gasteiger partial charge in [-0.15, -0.1) is 0 Å². The Morgan fingerprint density at radius 2 is 1.69 bits per heavy atom. The summed E-state index contributed by atoms with van der Waals surface area (Å²) < 4.78 is 1.78. The number of non-ortho nitro benzene ring substituents is 1.